The molecule has 0 aromatic heterocycles. The van der Waals surface area contributed by atoms with Crippen molar-refractivity contribution < 1.29 is 0 Å². The molecular weight excluding hydrogens is 388 g/mol. The smallest absolute Gasteiger partial charge is 0.0118 e. The summed E-state index contributed by atoms with van der Waals surface area (Å²) in [5.74, 6) is 1.45. The van der Waals surface area contributed by atoms with Gasteiger partial charge in [0.15, 0.2) is 0 Å². The van der Waals surface area contributed by atoms with Crippen molar-refractivity contribution in [2.75, 3.05) is 6.54 Å². The third kappa shape index (κ3) is 10.9. The predicted octanol–water partition coefficient (Wildman–Crippen LogP) is 8.30. The molecule has 1 aromatic carbocycles. The summed E-state index contributed by atoms with van der Waals surface area (Å²) in [6.07, 6.45) is 13.0. The van der Waals surface area contributed by atoms with Crippen LogP contribution in [0, 0.1) is 24.2 Å². The van der Waals surface area contributed by atoms with E-state index < -0.39 is 0 Å². The molecule has 0 saturated heterocycles. The Morgan fingerprint density at radius 3 is 1.97 bits per heavy atom. The maximum Gasteiger partial charge on any atom is 0.0118 e. The highest BCUT2D eigenvalue weighted by atomic mass is 14.6. The van der Waals surface area contributed by atoms with Crippen molar-refractivity contribution in [1.82, 2.24) is 0 Å². The van der Waals surface area contributed by atoms with E-state index in [9.17, 15) is 0 Å². The molecule has 184 valence electrons. The first-order valence-electron chi connectivity index (χ1n) is 13.0. The van der Waals surface area contributed by atoms with Crippen molar-refractivity contribution in [2.45, 2.75) is 107 Å². The minimum atomic E-state index is 0.542. The van der Waals surface area contributed by atoms with Crippen LogP contribution in [0.4, 0.5) is 0 Å². The predicted molar refractivity (Wildman–Crippen MR) is 148 cm³/mol. The van der Waals surface area contributed by atoms with E-state index in [0.29, 0.717) is 11.3 Å². The average Bonchev–Trinajstić information content (AvgIpc) is 3.50. The summed E-state index contributed by atoms with van der Waals surface area (Å²) in [5.41, 5.74) is 19.8. The molecule has 0 amide bonds. The number of benzene rings is 1. The van der Waals surface area contributed by atoms with Crippen LogP contribution in [0.3, 0.4) is 0 Å². The standard InChI is InChI=1S/C19H25N.C6H14.C3H8.C2H7N/c1-4-13-8-16-10-14(5-2)18(12(3)17(16)9-13)11-19(20)15-6-7-15;1-5-6(2,3)4;1-3-2;1-2-3/h5,10-11,13,15H,2,4,6-9,20H2,1,3H3;5H2,1-4H3;3H2,1-2H3;2-3H2,1H3/b19-11-;;;. The first-order chi connectivity index (χ1) is 15.0. The Morgan fingerprint density at radius 2 is 1.59 bits per heavy atom. The van der Waals surface area contributed by atoms with Gasteiger partial charge in [0.05, 0.1) is 0 Å². The topological polar surface area (TPSA) is 52.0 Å². The van der Waals surface area contributed by atoms with Gasteiger partial charge in [-0.15, -0.1) is 0 Å². The lowest BCUT2D eigenvalue weighted by molar-refractivity contribution is 0.398. The van der Waals surface area contributed by atoms with E-state index in [1.54, 1.807) is 5.56 Å². The quantitative estimate of drug-likeness (QED) is 0.492. The normalized spacial score (nSPS) is 17.1. The summed E-state index contributed by atoms with van der Waals surface area (Å²) in [6, 6.07) is 2.34. The van der Waals surface area contributed by atoms with Gasteiger partial charge in [-0.05, 0) is 90.3 Å². The fourth-order valence-corrected chi connectivity index (χ4v) is 3.46. The molecule has 0 heterocycles. The average molecular weight is 443 g/mol. The van der Waals surface area contributed by atoms with E-state index in [4.69, 9.17) is 11.5 Å². The van der Waals surface area contributed by atoms with Crippen LogP contribution < -0.4 is 11.5 Å². The molecule has 1 atom stereocenters. The van der Waals surface area contributed by atoms with Gasteiger partial charge in [-0.3, -0.25) is 0 Å². The van der Waals surface area contributed by atoms with Crippen LogP contribution in [-0.2, 0) is 12.8 Å². The van der Waals surface area contributed by atoms with Crippen molar-refractivity contribution in [1.29, 1.82) is 0 Å². The van der Waals surface area contributed by atoms with Crippen molar-refractivity contribution in [3.63, 3.8) is 0 Å². The molecule has 1 unspecified atom stereocenters. The molecule has 32 heavy (non-hydrogen) atoms. The summed E-state index contributed by atoms with van der Waals surface area (Å²) < 4.78 is 0. The largest absolute Gasteiger partial charge is 0.402 e. The third-order valence-electron chi connectivity index (χ3n) is 6.10. The second-order valence-electron chi connectivity index (χ2n) is 10.5. The highest BCUT2D eigenvalue weighted by molar-refractivity contribution is 5.71. The zero-order valence-corrected chi connectivity index (χ0v) is 22.9. The number of fused-ring (bicyclic) bond motifs is 1. The Labute approximate surface area is 200 Å². The van der Waals surface area contributed by atoms with Gasteiger partial charge in [0.25, 0.3) is 0 Å². The number of hydrogen-bond donors (Lipinski definition) is 2. The van der Waals surface area contributed by atoms with Gasteiger partial charge < -0.3 is 11.5 Å². The molecular formula is C30H54N2. The van der Waals surface area contributed by atoms with Gasteiger partial charge in [-0.25, -0.2) is 0 Å². The molecule has 1 aromatic rings. The zero-order valence-electron chi connectivity index (χ0n) is 22.9. The summed E-state index contributed by atoms with van der Waals surface area (Å²) in [7, 11) is 0. The molecule has 0 bridgehead atoms. The summed E-state index contributed by atoms with van der Waals surface area (Å²) in [6.45, 7) is 24.4. The lowest BCUT2D eigenvalue weighted by Crippen LogP contribution is -2.02. The lowest BCUT2D eigenvalue weighted by atomic mass is 9.92. The number of allylic oxidation sites excluding steroid dienone is 1. The summed E-state index contributed by atoms with van der Waals surface area (Å²) >= 11 is 0. The Balaban J connectivity index is 0.000000671. The van der Waals surface area contributed by atoms with Gasteiger partial charge in [-0.1, -0.05) is 93.4 Å². The Kier molecular flexibility index (Phi) is 14.6. The summed E-state index contributed by atoms with van der Waals surface area (Å²) in [5, 5.41) is 0. The van der Waals surface area contributed by atoms with E-state index in [1.807, 2.05) is 13.0 Å². The van der Waals surface area contributed by atoms with Crippen molar-refractivity contribution in [3.05, 3.63) is 46.2 Å². The van der Waals surface area contributed by atoms with Crippen LogP contribution in [0.15, 0.2) is 18.3 Å². The second kappa shape index (κ2) is 15.3. The van der Waals surface area contributed by atoms with Gasteiger partial charge in [0, 0.05) is 5.70 Å². The zero-order chi connectivity index (χ0) is 24.9. The second-order valence-corrected chi connectivity index (χ2v) is 10.5. The maximum absolute atomic E-state index is 6.23. The van der Waals surface area contributed by atoms with Crippen LogP contribution in [0.25, 0.3) is 12.2 Å². The van der Waals surface area contributed by atoms with Crippen molar-refractivity contribution in [2.24, 2.45) is 28.7 Å². The molecule has 2 nitrogen and oxygen atoms in total. The molecule has 3 rings (SSSR count). The van der Waals surface area contributed by atoms with Crippen molar-refractivity contribution >= 4 is 12.2 Å². The molecule has 2 heteroatoms. The van der Waals surface area contributed by atoms with E-state index in [0.717, 1.165) is 18.2 Å². The van der Waals surface area contributed by atoms with E-state index >= 15 is 0 Å². The minimum Gasteiger partial charge on any atom is -0.402 e. The monoisotopic (exact) mass is 442 g/mol. The SMILES string of the molecule is C=Cc1cc2c(c(C)c1/C=C(\N)C1CC1)CC(CC)C2.CCC.CCC(C)(C)C.CCN. The maximum atomic E-state index is 6.23. The fraction of sp³-hybridized carbons (Fsp3) is 0.667. The fourth-order valence-electron chi connectivity index (χ4n) is 3.46. The highest BCUT2D eigenvalue weighted by Crippen LogP contribution is 2.38. The number of rotatable bonds is 4. The van der Waals surface area contributed by atoms with E-state index in [-0.39, 0.29) is 0 Å². The van der Waals surface area contributed by atoms with E-state index in [2.05, 4.69) is 74.1 Å². The number of hydrogen-bond acceptors (Lipinski definition) is 2. The van der Waals surface area contributed by atoms with Gasteiger partial charge in [0.2, 0.25) is 0 Å². The Hall–Kier alpha value is -1.54. The molecule has 0 spiro atoms. The molecule has 1 fully saturated rings. The lowest BCUT2D eigenvalue weighted by Gasteiger charge is -2.13. The molecule has 2 aliphatic rings. The van der Waals surface area contributed by atoms with Gasteiger partial charge in [0.1, 0.15) is 0 Å². The molecule has 0 aliphatic heterocycles. The van der Waals surface area contributed by atoms with Crippen LogP contribution in [0.1, 0.15) is 115 Å². The van der Waals surface area contributed by atoms with Crippen LogP contribution >= 0.6 is 0 Å². The van der Waals surface area contributed by atoms with Gasteiger partial charge >= 0.3 is 0 Å². The van der Waals surface area contributed by atoms with Crippen LogP contribution in [0.2, 0.25) is 0 Å². The molecule has 4 N–H and O–H groups in total. The third-order valence-corrected chi connectivity index (χ3v) is 6.10. The summed E-state index contributed by atoms with van der Waals surface area (Å²) in [4.78, 5) is 0. The first-order valence-corrected chi connectivity index (χ1v) is 13.0. The minimum absolute atomic E-state index is 0.542. The van der Waals surface area contributed by atoms with E-state index in [1.165, 1.54) is 67.2 Å². The first kappa shape index (κ1) is 30.5. The van der Waals surface area contributed by atoms with Crippen molar-refractivity contribution in [3.8, 4) is 0 Å². The number of nitrogens with two attached hydrogens (primary N) is 2. The molecule has 2 aliphatic carbocycles. The molecule has 0 radical (unpaired) electrons. The van der Waals surface area contributed by atoms with Crippen LogP contribution in [0.5, 0.6) is 0 Å². The Bertz CT molecular complexity index is 701. The highest BCUT2D eigenvalue weighted by Gasteiger charge is 2.26. The Morgan fingerprint density at radius 1 is 1.09 bits per heavy atom. The molecule has 1 saturated carbocycles. The van der Waals surface area contributed by atoms with Gasteiger partial charge in [-0.2, -0.15) is 0 Å². The van der Waals surface area contributed by atoms with Crippen LogP contribution in [-0.4, -0.2) is 6.54 Å².